The summed E-state index contributed by atoms with van der Waals surface area (Å²) in [6.45, 7) is 21.5. The van der Waals surface area contributed by atoms with Crippen LogP contribution in [0.4, 0.5) is 0 Å². The highest BCUT2D eigenvalue weighted by molar-refractivity contribution is 6.00. The van der Waals surface area contributed by atoms with Gasteiger partial charge in [0.05, 0.1) is 0 Å². The van der Waals surface area contributed by atoms with Gasteiger partial charge in [0.1, 0.15) is 6.10 Å². The molecule has 31 heavy (non-hydrogen) atoms. The van der Waals surface area contributed by atoms with Crippen LogP contribution in [0.3, 0.4) is 0 Å². The third kappa shape index (κ3) is 5.66. The molecule has 0 heterocycles. The topological polar surface area (TPSA) is 37.3 Å². The van der Waals surface area contributed by atoms with Gasteiger partial charge in [-0.1, -0.05) is 87.4 Å². The first kappa shape index (κ1) is 25.3. The molecule has 2 heteroatoms. The summed E-state index contributed by atoms with van der Waals surface area (Å²) in [5.41, 5.74) is 7.13. The molecular weight excluding hydrogens is 380 g/mol. The lowest BCUT2D eigenvalue weighted by Crippen LogP contribution is -2.19. The molecule has 0 saturated heterocycles. The van der Waals surface area contributed by atoms with Crippen molar-refractivity contribution in [1.82, 2.24) is 0 Å². The van der Waals surface area contributed by atoms with Gasteiger partial charge < -0.3 is 5.11 Å². The van der Waals surface area contributed by atoms with Gasteiger partial charge in [-0.05, 0) is 75.1 Å². The van der Waals surface area contributed by atoms with E-state index in [-0.39, 0.29) is 17.6 Å². The van der Waals surface area contributed by atoms with Crippen LogP contribution in [0.2, 0.25) is 0 Å². The Morgan fingerprint density at radius 1 is 0.581 bits per heavy atom. The average molecular weight is 423 g/mol. The van der Waals surface area contributed by atoms with E-state index in [4.69, 9.17) is 0 Å². The average Bonchev–Trinajstić information content (AvgIpc) is 2.70. The van der Waals surface area contributed by atoms with E-state index < -0.39 is 6.10 Å². The number of ketones is 1. The van der Waals surface area contributed by atoms with E-state index in [0.717, 1.165) is 27.8 Å². The van der Waals surface area contributed by atoms with Crippen LogP contribution in [0.15, 0.2) is 30.3 Å². The van der Waals surface area contributed by atoms with Crippen molar-refractivity contribution in [2.75, 3.05) is 0 Å². The zero-order chi connectivity index (χ0) is 23.6. The first-order valence-corrected chi connectivity index (χ1v) is 11.9. The Kier molecular flexibility index (Phi) is 8.27. The Labute approximate surface area is 190 Å². The number of hydrogen-bond donors (Lipinski definition) is 1. The first-order chi connectivity index (χ1) is 14.3. The molecule has 1 atom stereocenters. The Hall–Kier alpha value is -1.93. The van der Waals surface area contributed by atoms with Crippen LogP contribution in [-0.4, -0.2) is 10.9 Å². The number of aliphatic hydroxyl groups is 1. The Morgan fingerprint density at radius 3 is 1.26 bits per heavy atom. The molecule has 0 saturated carbocycles. The minimum Gasteiger partial charge on any atom is -0.380 e. The third-order valence-corrected chi connectivity index (χ3v) is 6.29. The Bertz CT molecular complexity index is 861. The molecule has 0 bridgehead atoms. The molecular formula is C29H42O2. The van der Waals surface area contributed by atoms with Gasteiger partial charge >= 0.3 is 0 Å². The van der Waals surface area contributed by atoms with Crippen molar-refractivity contribution in [2.45, 2.75) is 105 Å². The molecule has 0 amide bonds. The van der Waals surface area contributed by atoms with Crippen LogP contribution in [0, 0.1) is 0 Å². The molecule has 2 rings (SSSR count). The predicted octanol–water partition coefficient (Wildman–Crippen LogP) is 8.22. The fourth-order valence-electron chi connectivity index (χ4n) is 4.10. The lowest BCUT2D eigenvalue weighted by molar-refractivity contribution is 0.0743. The summed E-state index contributed by atoms with van der Waals surface area (Å²) < 4.78 is 0. The maximum Gasteiger partial charge on any atom is 0.195 e. The van der Waals surface area contributed by atoms with Gasteiger partial charge in [-0.2, -0.15) is 0 Å². The van der Waals surface area contributed by atoms with Gasteiger partial charge in [0.15, 0.2) is 5.78 Å². The number of benzene rings is 2. The predicted molar refractivity (Wildman–Crippen MR) is 133 cm³/mol. The summed E-state index contributed by atoms with van der Waals surface area (Å²) in [6.07, 6.45) is -1.15. The van der Waals surface area contributed by atoms with Gasteiger partial charge in [-0.3, -0.25) is 4.79 Å². The van der Waals surface area contributed by atoms with Crippen LogP contribution in [-0.2, 0) is 0 Å². The van der Waals surface area contributed by atoms with Crippen LogP contribution < -0.4 is 0 Å². The van der Waals surface area contributed by atoms with Crippen LogP contribution in [0.1, 0.15) is 149 Å². The van der Waals surface area contributed by atoms with E-state index in [1.807, 2.05) is 12.1 Å². The SMILES string of the molecule is CC(C)c1cc(C(=O)C(O)c2c(C(C)C)cc(C(C)C)cc2C(C)C)cc(C(C)C)c1. The number of carbonyl (C=O) groups excluding carboxylic acids is 1. The molecule has 0 aliphatic rings. The van der Waals surface area contributed by atoms with Crippen molar-refractivity contribution in [1.29, 1.82) is 0 Å². The smallest absolute Gasteiger partial charge is 0.195 e. The van der Waals surface area contributed by atoms with E-state index in [0.29, 0.717) is 23.3 Å². The molecule has 0 aromatic heterocycles. The van der Waals surface area contributed by atoms with E-state index in [1.54, 1.807) is 0 Å². The molecule has 2 aromatic carbocycles. The molecule has 0 radical (unpaired) electrons. The highest BCUT2D eigenvalue weighted by Crippen LogP contribution is 2.37. The lowest BCUT2D eigenvalue weighted by atomic mass is 9.80. The van der Waals surface area contributed by atoms with Crippen LogP contribution in [0.5, 0.6) is 0 Å². The van der Waals surface area contributed by atoms with E-state index in [2.05, 4.69) is 87.4 Å². The largest absolute Gasteiger partial charge is 0.380 e. The number of rotatable bonds is 8. The normalized spacial score (nSPS) is 13.2. The summed E-state index contributed by atoms with van der Waals surface area (Å²) in [6, 6.07) is 10.5. The van der Waals surface area contributed by atoms with Crippen molar-refractivity contribution in [3.05, 3.63) is 69.3 Å². The van der Waals surface area contributed by atoms with Crippen molar-refractivity contribution in [2.24, 2.45) is 0 Å². The number of carbonyl (C=O) groups is 1. The highest BCUT2D eigenvalue weighted by Gasteiger charge is 2.28. The highest BCUT2D eigenvalue weighted by atomic mass is 16.3. The summed E-state index contributed by atoms with van der Waals surface area (Å²) in [5.74, 6) is 1.29. The number of aliphatic hydroxyl groups excluding tert-OH is 1. The van der Waals surface area contributed by atoms with E-state index >= 15 is 0 Å². The summed E-state index contributed by atoms with van der Waals surface area (Å²) in [4.78, 5) is 13.6. The van der Waals surface area contributed by atoms with Crippen molar-refractivity contribution in [3.8, 4) is 0 Å². The molecule has 170 valence electrons. The Balaban J connectivity index is 2.68. The summed E-state index contributed by atoms with van der Waals surface area (Å²) in [5, 5.41) is 11.4. The molecule has 0 aliphatic carbocycles. The fourth-order valence-corrected chi connectivity index (χ4v) is 4.10. The van der Waals surface area contributed by atoms with E-state index in [9.17, 15) is 9.90 Å². The van der Waals surface area contributed by atoms with Crippen LogP contribution >= 0.6 is 0 Å². The molecule has 0 aliphatic heterocycles. The molecule has 2 aromatic rings. The maximum absolute atomic E-state index is 13.6. The third-order valence-electron chi connectivity index (χ3n) is 6.29. The molecule has 2 nitrogen and oxygen atoms in total. The zero-order valence-electron chi connectivity index (χ0n) is 21.2. The minimum atomic E-state index is -1.15. The van der Waals surface area contributed by atoms with Gasteiger partial charge in [0.2, 0.25) is 0 Å². The minimum absolute atomic E-state index is 0.203. The van der Waals surface area contributed by atoms with Crippen molar-refractivity contribution >= 4 is 5.78 Å². The van der Waals surface area contributed by atoms with Crippen molar-refractivity contribution in [3.63, 3.8) is 0 Å². The molecule has 1 N–H and O–H groups in total. The van der Waals surface area contributed by atoms with Crippen LogP contribution in [0.25, 0.3) is 0 Å². The standard InChI is InChI=1S/C29H42O2/c1-16(2)21-11-22(17(3)4)13-24(12-21)28(30)29(31)27-25(19(7)8)14-23(18(5)6)15-26(27)20(9)10/h11-20,29,31H,1-10H3. The van der Waals surface area contributed by atoms with Gasteiger partial charge in [0, 0.05) is 5.56 Å². The second kappa shape index (κ2) is 10.1. The van der Waals surface area contributed by atoms with E-state index in [1.165, 1.54) is 5.56 Å². The number of Topliss-reactive ketones (excluding diaryl/α,β-unsaturated/α-hetero) is 1. The fraction of sp³-hybridized carbons (Fsp3) is 0.552. The second-order valence-electron chi connectivity index (χ2n) is 10.5. The summed E-state index contributed by atoms with van der Waals surface area (Å²) in [7, 11) is 0. The quantitative estimate of drug-likeness (QED) is 0.435. The Morgan fingerprint density at radius 2 is 0.935 bits per heavy atom. The zero-order valence-corrected chi connectivity index (χ0v) is 21.2. The van der Waals surface area contributed by atoms with Crippen molar-refractivity contribution < 1.29 is 9.90 Å². The first-order valence-electron chi connectivity index (χ1n) is 11.9. The monoisotopic (exact) mass is 422 g/mol. The lowest BCUT2D eigenvalue weighted by Gasteiger charge is -2.26. The molecule has 0 spiro atoms. The molecule has 1 unspecified atom stereocenters. The van der Waals surface area contributed by atoms with Gasteiger partial charge in [0.25, 0.3) is 0 Å². The summed E-state index contributed by atoms with van der Waals surface area (Å²) >= 11 is 0. The number of hydrogen-bond acceptors (Lipinski definition) is 2. The van der Waals surface area contributed by atoms with Gasteiger partial charge in [-0.25, -0.2) is 0 Å². The van der Waals surface area contributed by atoms with Gasteiger partial charge in [-0.15, -0.1) is 0 Å². The second-order valence-corrected chi connectivity index (χ2v) is 10.5. The maximum atomic E-state index is 13.6. The molecule has 0 fully saturated rings.